The van der Waals surface area contributed by atoms with E-state index >= 15 is 0 Å². The second-order valence-corrected chi connectivity index (χ2v) is 8.07. The molecule has 0 aromatic rings. The number of rotatable bonds is 3. The second kappa shape index (κ2) is 7.98. The Bertz CT molecular complexity index is 393. The van der Waals surface area contributed by atoms with Crippen molar-refractivity contribution >= 4 is 5.91 Å². The number of piperidine rings is 1. The second-order valence-electron chi connectivity index (χ2n) is 8.07. The molecule has 1 spiro atoms. The van der Waals surface area contributed by atoms with E-state index in [2.05, 4.69) is 9.80 Å². The molecule has 1 amide bonds. The number of amides is 1. The molecule has 0 bridgehead atoms. The molecule has 1 atom stereocenters. The van der Waals surface area contributed by atoms with Gasteiger partial charge < -0.3 is 9.64 Å². The van der Waals surface area contributed by atoms with Crippen LogP contribution in [0.4, 0.5) is 0 Å². The number of ether oxygens (including phenoxy) is 1. The maximum absolute atomic E-state index is 12.2. The van der Waals surface area contributed by atoms with E-state index in [0.29, 0.717) is 5.41 Å². The van der Waals surface area contributed by atoms with Crippen LogP contribution in [0.3, 0.4) is 0 Å². The molecule has 0 aromatic carbocycles. The van der Waals surface area contributed by atoms with Gasteiger partial charge in [-0.1, -0.05) is 32.1 Å². The molecule has 2 aliphatic heterocycles. The maximum atomic E-state index is 12.2. The lowest BCUT2D eigenvalue weighted by atomic mass is 9.79. The summed E-state index contributed by atoms with van der Waals surface area (Å²) in [5.41, 5.74) is 0.365. The highest BCUT2D eigenvalue weighted by molar-refractivity contribution is 5.77. The Morgan fingerprint density at radius 1 is 1.00 bits per heavy atom. The van der Waals surface area contributed by atoms with Crippen LogP contribution in [0.25, 0.3) is 0 Å². The van der Waals surface area contributed by atoms with Gasteiger partial charge in [0.15, 0.2) is 0 Å². The first-order valence-corrected chi connectivity index (χ1v) is 9.73. The molecule has 2 saturated heterocycles. The highest BCUT2D eigenvalue weighted by Crippen LogP contribution is 2.41. The highest BCUT2D eigenvalue weighted by atomic mass is 16.5. The van der Waals surface area contributed by atoms with Crippen molar-refractivity contribution < 1.29 is 9.53 Å². The topological polar surface area (TPSA) is 32.8 Å². The van der Waals surface area contributed by atoms with Crippen LogP contribution in [0.2, 0.25) is 0 Å². The van der Waals surface area contributed by atoms with Crippen LogP contribution in [0.5, 0.6) is 0 Å². The van der Waals surface area contributed by atoms with Gasteiger partial charge in [-0.05, 0) is 38.6 Å². The van der Waals surface area contributed by atoms with E-state index in [1.54, 1.807) is 7.11 Å². The van der Waals surface area contributed by atoms with Gasteiger partial charge in [-0.2, -0.15) is 0 Å². The molecule has 3 aliphatic rings. The average molecular weight is 322 g/mol. The van der Waals surface area contributed by atoms with Gasteiger partial charge in [0, 0.05) is 38.2 Å². The molecular weight excluding hydrogens is 288 g/mol. The van der Waals surface area contributed by atoms with Crippen molar-refractivity contribution in [2.75, 3.05) is 39.9 Å². The van der Waals surface area contributed by atoms with Gasteiger partial charge in [0.05, 0.1) is 0 Å². The predicted octanol–water partition coefficient (Wildman–Crippen LogP) is 3.06. The first-order valence-electron chi connectivity index (χ1n) is 9.73. The van der Waals surface area contributed by atoms with E-state index in [1.165, 1.54) is 70.9 Å². The van der Waals surface area contributed by atoms with Gasteiger partial charge in [-0.25, -0.2) is 0 Å². The fourth-order valence-electron chi connectivity index (χ4n) is 5.05. The molecule has 1 aliphatic carbocycles. The minimum atomic E-state index is 0.177. The highest BCUT2D eigenvalue weighted by Gasteiger charge is 2.43. The molecule has 3 fully saturated rings. The van der Waals surface area contributed by atoms with E-state index < -0.39 is 0 Å². The number of likely N-dealkylation sites (tertiary alicyclic amines) is 2. The van der Waals surface area contributed by atoms with E-state index in [-0.39, 0.29) is 12.5 Å². The summed E-state index contributed by atoms with van der Waals surface area (Å²) in [4.78, 5) is 17.0. The molecule has 0 radical (unpaired) electrons. The summed E-state index contributed by atoms with van der Waals surface area (Å²) >= 11 is 0. The first-order chi connectivity index (χ1) is 11.2. The van der Waals surface area contributed by atoms with Crippen molar-refractivity contribution in [2.24, 2.45) is 5.41 Å². The van der Waals surface area contributed by atoms with Crippen LogP contribution < -0.4 is 0 Å². The number of carbonyl (C=O) groups is 1. The molecular formula is C19H34N2O2. The maximum Gasteiger partial charge on any atom is 0.248 e. The molecule has 2 heterocycles. The third-order valence-corrected chi connectivity index (χ3v) is 6.34. The van der Waals surface area contributed by atoms with Crippen LogP contribution in [0, 0.1) is 5.41 Å². The van der Waals surface area contributed by atoms with Gasteiger partial charge in [0.2, 0.25) is 5.91 Å². The molecule has 3 rings (SSSR count). The molecule has 1 unspecified atom stereocenters. The normalized spacial score (nSPS) is 31.3. The fourth-order valence-corrected chi connectivity index (χ4v) is 5.05. The van der Waals surface area contributed by atoms with E-state index in [4.69, 9.17) is 4.74 Å². The SMILES string of the molecule is COCC(=O)N1CCCC2(CCN(C3CCCCCCC3)C2)C1. The zero-order valence-corrected chi connectivity index (χ0v) is 14.9. The molecule has 132 valence electrons. The van der Waals surface area contributed by atoms with Crippen LogP contribution in [0.15, 0.2) is 0 Å². The van der Waals surface area contributed by atoms with Crippen molar-refractivity contribution in [3.63, 3.8) is 0 Å². The Labute approximate surface area is 141 Å². The zero-order chi connectivity index (χ0) is 16.1. The molecule has 23 heavy (non-hydrogen) atoms. The van der Waals surface area contributed by atoms with Crippen molar-refractivity contribution in [3.05, 3.63) is 0 Å². The Kier molecular flexibility index (Phi) is 5.97. The van der Waals surface area contributed by atoms with Crippen molar-refractivity contribution in [1.82, 2.24) is 9.80 Å². The van der Waals surface area contributed by atoms with Crippen molar-refractivity contribution in [1.29, 1.82) is 0 Å². The Hall–Kier alpha value is -0.610. The largest absolute Gasteiger partial charge is 0.375 e. The van der Waals surface area contributed by atoms with Gasteiger partial charge in [-0.3, -0.25) is 9.69 Å². The summed E-state index contributed by atoms with van der Waals surface area (Å²) in [6.45, 7) is 4.58. The summed E-state index contributed by atoms with van der Waals surface area (Å²) in [7, 11) is 1.61. The predicted molar refractivity (Wildman–Crippen MR) is 92.4 cm³/mol. The lowest BCUT2D eigenvalue weighted by molar-refractivity contribution is -0.138. The molecule has 4 heteroatoms. The van der Waals surface area contributed by atoms with E-state index in [1.807, 2.05) is 0 Å². The van der Waals surface area contributed by atoms with Gasteiger partial charge >= 0.3 is 0 Å². The molecule has 0 aromatic heterocycles. The smallest absolute Gasteiger partial charge is 0.248 e. The number of methoxy groups -OCH3 is 1. The Morgan fingerprint density at radius 3 is 2.48 bits per heavy atom. The van der Waals surface area contributed by atoms with Crippen molar-refractivity contribution in [3.8, 4) is 0 Å². The zero-order valence-electron chi connectivity index (χ0n) is 14.9. The molecule has 1 saturated carbocycles. The summed E-state index contributed by atoms with van der Waals surface area (Å²) in [5, 5.41) is 0. The summed E-state index contributed by atoms with van der Waals surface area (Å²) < 4.78 is 5.05. The lowest BCUT2D eigenvalue weighted by Gasteiger charge is -2.41. The van der Waals surface area contributed by atoms with Gasteiger partial charge in [0.25, 0.3) is 0 Å². The van der Waals surface area contributed by atoms with E-state index in [0.717, 1.165) is 25.6 Å². The first kappa shape index (κ1) is 17.2. The minimum Gasteiger partial charge on any atom is -0.375 e. The van der Waals surface area contributed by atoms with Crippen LogP contribution in [0.1, 0.15) is 64.2 Å². The lowest BCUT2D eigenvalue weighted by Crippen LogP contribution is -2.49. The van der Waals surface area contributed by atoms with Gasteiger partial charge in [-0.15, -0.1) is 0 Å². The van der Waals surface area contributed by atoms with E-state index in [9.17, 15) is 4.79 Å². The third kappa shape index (κ3) is 4.27. The average Bonchev–Trinajstić information content (AvgIpc) is 2.90. The Balaban J connectivity index is 1.57. The number of nitrogens with zero attached hydrogens (tertiary/aromatic N) is 2. The summed E-state index contributed by atoms with van der Waals surface area (Å²) in [5.74, 6) is 0.177. The Morgan fingerprint density at radius 2 is 1.74 bits per heavy atom. The number of hydrogen-bond acceptors (Lipinski definition) is 3. The fraction of sp³-hybridized carbons (Fsp3) is 0.947. The molecule has 0 N–H and O–H groups in total. The molecule has 4 nitrogen and oxygen atoms in total. The standard InChI is InChI=1S/C19H34N2O2/c1-23-14-18(22)21-12-7-10-19(16-21)11-13-20(15-19)17-8-5-3-2-4-6-9-17/h17H,2-16H2,1H3. The van der Waals surface area contributed by atoms with Crippen LogP contribution >= 0.6 is 0 Å². The minimum absolute atomic E-state index is 0.177. The number of carbonyl (C=O) groups excluding carboxylic acids is 1. The quantitative estimate of drug-likeness (QED) is 0.800. The number of hydrogen-bond donors (Lipinski definition) is 0. The van der Waals surface area contributed by atoms with Crippen molar-refractivity contribution in [2.45, 2.75) is 70.3 Å². The monoisotopic (exact) mass is 322 g/mol. The third-order valence-electron chi connectivity index (χ3n) is 6.34. The summed E-state index contributed by atoms with van der Waals surface area (Å²) in [6.07, 6.45) is 13.6. The van der Waals surface area contributed by atoms with Crippen LogP contribution in [-0.2, 0) is 9.53 Å². The summed E-state index contributed by atoms with van der Waals surface area (Å²) in [6, 6.07) is 0.805. The van der Waals surface area contributed by atoms with Crippen LogP contribution in [-0.4, -0.2) is 61.6 Å². The van der Waals surface area contributed by atoms with Gasteiger partial charge in [0.1, 0.15) is 6.61 Å².